The summed E-state index contributed by atoms with van der Waals surface area (Å²) in [7, 11) is 0. The Kier molecular flexibility index (Phi) is 16.7. The van der Waals surface area contributed by atoms with E-state index in [-0.39, 0.29) is 41.9 Å². The molecule has 6 fully saturated rings. The minimum absolute atomic E-state index is 0.0735. The number of carboxylic acid groups (broad SMARTS) is 2. The molecular formula is C48H82N2O7. The van der Waals surface area contributed by atoms with Crippen LogP contribution in [0.25, 0.3) is 0 Å². The highest BCUT2D eigenvalue weighted by molar-refractivity contribution is 5.86. The van der Waals surface area contributed by atoms with Gasteiger partial charge in [0.15, 0.2) is 6.04 Å². The van der Waals surface area contributed by atoms with Crippen LogP contribution >= 0.6 is 0 Å². The molecule has 0 aromatic rings. The molecule has 0 aliphatic heterocycles. The fourth-order valence-electron chi connectivity index (χ4n) is 14.2. The first kappa shape index (κ1) is 44.8. The van der Waals surface area contributed by atoms with Crippen LogP contribution in [-0.4, -0.2) is 65.8 Å². The van der Waals surface area contributed by atoms with Crippen LogP contribution < -0.4 is 0 Å². The Morgan fingerprint density at radius 1 is 0.544 bits per heavy atom. The van der Waals surface area contributed by atoms with Gasteiger partial charge in [0.2, 0.25) is 5.91 Å². The van der Waals surface area contributed by atoms with E-state index in [0.717, 1.165) is 109 Å². The van der Waals surface area contributed by atoms with Gasteiger partial charge in [0.05, 0.1) is 6.42 Å². The van der Waals surface area contributed by atoms with Crippen molar-refractivity contribution in [3.05, 3.63) is 0 Å². The van der Waals surface area contributed by atoms with Gasteiger partial charge in [-0.1, -0.05) is 122 Å². The zero-order valence-corrected chi connectivity index (χ0v) is 35.9. The average Bonchev–Trinajstić information content (AvgIpc) is 3.20. The Bertz CT molecular complexity index is 1240. The predicted molar refractivity (Wildman–Crippen MR) is 224 cm³/mol. The van der Waals surface area contributed by atoms with Gasteiger partial charge in [-0.25, -0.2) is 4.79 Å². The van der Waals surface area contributed by atoms with Gasteiger partial charge in [-0.05, 0) is 119 Å². The van der Waals surface area contributed by atoms with Crippen LogP contribution in [0.2, 0.25) is 0 Å². The molecule has 0 heterocycles. The van der Waals surface area contributed by atoms with Gasteiger partial charge in [-0.3, -0.25) is 14.6 Å². The highest BCUT2D eigenvalue weighted by Crippen LogP contribution is 2.61. The molecule has 9 heteroatoms. The van der Waals surface area contributed by atoms with E-state index in [9.17, 15) is 30.0 Å². The summed E-state index contributed by atoms with van der Waals surface area (Å²) in [4.78, 5) is 41.0. The largest absolute Gasteiger partial charge is 0.481 e. The number of hydrogen-bond acceptors (Lipinski definition) is 6. The minimum Gasteiger partial charge on any atom is -0.481 e. The summed E-state index contributed by atoms with van der Waals surface area (Å²) in [5, 5.41) is 51.7. The lowest BCUT2D eigenvalue weighted by Crippen LogP contribution is -2.78. The minimum atomic E-state index is -1.72. The fourth-order valence-corrected chi connectivity index (χ4v) is 14.2. The van der Waals surface area contributed by atoms with Gasteiger partial charge in [-0.2, -0.15) is 5.01 Å². The summed E-state index contributed by atoms with van der Waals surface area (Å²) < 4.78 is 0. The summed E-state index contributed by atoms with van der Waals surface area (Å²) >= 11 is 0. The van der Waals surface area contributed by atoms with Crippen LogP contribution in [0.4, 0.5) is 0 Å². The zero-order valence-electron chi connectivity index (χ0n) is 35.9. The Labute approximate surface area is 345 Å². The number of unbranched alkanes of at least 4 members (excludes halogenated alkanes) is 12. The van der Waals surface area contributed by atoms with Gasteiger partial charge >= 0.3 is 11.9 Å². The van der Waals surface area contributed by atoms with Crippen LogP contribution in [0.5, 0.6) is 0 Å². The highest BCUT2D eigenvalue weighted by atomic mass is 16.4. The van der Waals surface area contributed by atoms with Crippen molar-refractivity contribution in [2.24, 2.45) is 47.3 Å². The van der Waals surface area contributed by atoms with E-state index in [1.54, 1.807) is 5.01 Å². The van der Waals surface area contributed by atoms with Crippen LogP contribution in [0.1, 0.15) is 219 Å². The first-order valence-corrected chi connectivity index (χ1v) is 24.6. The predicted octanol–water partition coefficient (Wildman–Crippen LogP) is 10.9. The van der Waals surface area contributed by atoms with Crippen molar-refractivity contribution in [1.29, 1.82) is 0 Å². The number of rotatable bonds is 21. The molecule has 6 aliphatic carbocycles. The number of fused-ring (bicyclic) bond motifs is 6. The van der Waals surface area contributed by atoms with Gasteiger partial charge in [0.25, 0.3) is 0 Å². The van der Waals surface area contributed by atoms with Crippen LogP contribution in [-0.2, 0) is 14.4 Å². The number of amides is 1. The van der Waals surface area contributed by atoms with Gasteiger partial charge < -0.3 is 20.4 Å². The number of aliphatic hydroxyl groups is 2. The molecule has 0 aromatic heterocycles. The first-order valence-electron chi connectivity index (χ1n) is 24.6. The first-order chi connectivity index (χ1) is 27.6. The highest BCUT2D eigenvalue weighted by Gasteiger charge is 2.66. The fraction of sp³-hybridized carbons (Fsp3) is 0.938. The monoisotopic (exact) mass is 799 g/mol. The molecule has 6 rings (SSSR count). The number of carboxylic acids is 2. The lowest BCUT2D eigenvalue weighted by Gasteiger charge is -2.66. The maximum absolute atomic E-state index is 15.1. The van der Waals surface area contributed by atoms with Crippen LogP contribution in [0.3, 0.4) is 0 Å². The third-order valence-corrected chi connectivity index (χ3v) is 16.6. The standard InChI is InChI=1S/C48H82N2O7/c1-2-3-4-5-6-7-8-9-10-11-12-13-14-27-42(51)49(41(46(54)55)34-43(52)53)50(47(56)32-19-23-37-30-28-35-21-15-17-25-39(35)44(37)47)48(57)33-20-24-38-31-29-36-22-16-18-26-40(36)45(38)48/h35-41,44-45,56-57H,2-34H2,1H3,(H,52,53)(H,54,55)/t35?,36?,37?,38?,39?,40?,41-,44?,45?,47?,48?/m0/s1. The summed E-state index contributed by atoms with van der Waals surface area (Å²) in [6.45, 7) is 2.25. The second-order valence-electron chi connectivity index (χ2n) is 20.2. The van der Waals surface area contributed by atoms with Gasteiger partial charge in [0, 0.05) is 18.3 Å². The Morgan fingerprint density at radius 3 is 1.39 bits per heavy atom. The van der Waals surface area contributed by atoms with E-state index >= 15 is 4.79 Å². The van der Waals surface area contributed by atoms with Crippen LogP contribution in [0, 0.1) is 47.3 Å². The summed E-state index contributed by atoms with van der Waals surface area (Å²) in [5.41, 5.74) is -3.31. The molecular weight excluding hydrogens is 717 g/mol. The van der Waals surface area contributed by atoms with Gasteiger partial charge in [-0.15, -0.1) is 0 Å². The molecule has 1 amide bonds. The number of aliphatic carboxylic acids is 2. The van der Waals surface area contributed by atoms with Crippen LogP contribution in [0.15, 0.2) is 0 Å². The smallest absolute Gasteiger partial charge is 0.328 e. The maximum atomic E-state index is 15.1. The summed E-state index contributed by atoms with van der Waals surface area (Å²) in [5.74, 6) is -1.66. The molecule has 0 saturated heterocycles. The molecule has 0 spiro atoms. The maximum Gasteiger partial charge on any atom is 0.328 e. The van der Waals surface area contributed by atoms with E-state index in [1.165, 1.54) is 75.6 Å². The third-order valence-electron chi connectivity index (χ3n) is 16.6. The molecule has 57 heavy (non-hydrogen) atoms. The average molecular weight is 799 g/mol. The van der Waals surface area contributed by atoms with E-state index in [2.05, 4.69) is 6.92 Å². The lowest BCUT2D eigenvalue weighted by molar-refractivity contribution is -0.380. The van der Waals surface area contributed by atoms with Crippen molar-refractivity contribution < 1.29 is 34.8 Å². The number of hydrogen-bond donors (Lipinski definition) is 4. The van der Waals surface area contributed by atoms with Crippen molar-refractivity contribution in [2.45, 2.75) is 236 Å². The molecule has 0 aromatic carbocycles. The Balaban J connectivity index is 1.30. The Morgan fingerprint density at radius 2 is 0.947 bits per heavy atom. The summed E-state index contributed by atoms with van der Waals surface area (Å²) in [6, 6.07) is -1.72. The number of carbonyl (C=O) groups is 3. The van der Waals surface area contributed by atoms with Crippen molar-refractivity contribution in [3.8, 4) is 0 Å². The SMILES string of the molecule is CCCCCCCCCCCCCCCC(=O)N([C@@H](CC(=O)O)C(=O)O)N(C1(O)CCCC2CCC3CCCCC3C21)C1(O)CCCC2CCC3CCCCC3C21. The molecule has 326 valence electrons. The summed E-state index contributed by atoms with van der Waals surface area (Å²) in [6.07, 6.45) is 31.7. The van der Waals surface area contributed by atoms with E-state index in [1.807, 2.05) is 0 Å². The lowest BCUT2D eigenvalue weighted by atomic mass is 9.53. The van der Waals surface area contributed by atoms with Crippen molar-refractivity contribution in [3.63, 3.8) is 0 Å². The van der Waals surface area contributed by atoms with E-state index in [0.29, 0.717) is 31.1 Å². The molecule has 10 unspecified atom stereocenters. The van der Waals surface area contributed by atoms with Crippen molar-refractivity contribution >= 4 is 17.8 Å². The topological polar surface area (TPSA) is 139 Å². The molecule has 6 saturated carbocycles. The molecule has 9 nitrogen and oxygen atoms in total. The van der Waals surface area contributed by atoms with Crippen molar-refractivity contribution in [1.82, 2.24) is 10.0 Å². The zero-order chi connectivity index (χ0) is 40.4. The van der Waals surface area contributed by atoms with Crippen molar-refractivity contribution in [2.75, 3.05) is 0 Å². The number of hydrazine groups is 1. The molecule has 0 radical (unpaired) electrons. The number of carbonyl (C=O) groups excluding carboxylic acids is 1. The second kappa shape index (κ2) is 21.2. The van der Waals surface area contributed by atoms with E-state index < -0.39 is 41.8 Å². The molecule has 4 N–H and O–H groups in total. The van der Waals surface area contributed by atoms with E-state index in [4.69, 9.17) is 0 Å². The van der Waals surface area contributed by atoms with Gasteiger partial charge in [0.1, 0.15) is 11.4 Å². The number of nitrogens with zero attached hydrogens (tertiary/aromatic N) is 2. The normalized spacial score (nSPS) is 35.6. The Hall–Kier alpha value is -1.71. The molecule has 6 aliphatic rings. The quantitative estimate of drug-likeness (QED) is 0.0511. The second-order valence-corrected chi connectivity index (χ2v) is 20.2. The molecule has 0 bridgehead atoms. The third kappa shape index (κ3) is 10.4. The molecule has 11 atom stereocenters.